The van der Waals surface area contributed by atoms with Crippen LogP contribution in [0.4, 0.5) is 0 Å². The summed E-state index contributed by atoms with van der Waals surface area (Å²) in [6.45, 7) is 4.90. The Kier molecular flexibility index (Phi) is 4.94. The largest absolute Gasteiger partial charge is 0.370 e. The van der Waals surface area contributed by atoms with Crippen LogP contribution in [0.2, 0.25) is 0 Å². The van der Waals surface area contributed by atoms with Crippen molar-refractivity contribution in [3.8, 4) is 0 Å². The predicted octanol–water partition coefficient (Wildman–Crippen LogP) is 0.969. The van der Waals surface area contributed by atoms with E-state index in [0.29, 0.717) is 24.9 Å². The van der Waals surface area contributed by atoms with Crippen molar-refractivity contribution < 1.29 is 4.79 Å². The first-order chi connectivity index (χ1) is 7.09. The van der Waals surface area contributed by atoms with Crippen LogP contribution < -0.4 is 11.1 Å². The minimum atomic E-state index is -0.291. The number of thioether (sulfide) groups is 1. The molecule has 1 heterocycles. The maximum atomic E-state index is 10.5. The molecule has 0 aromatic rings. The summed E-state index contributed by atoms with van der Waals surface area (Å²) < 4.78 is 0. The summed E-state index contributed by atoms with van der Waals surface area (Å²) in [5, 5.41) is 4.35. The molecule has 1 fully saturated rings. The molecule has 1 aliphatic heterocycles. The van der Waals surface area contributed by atoms with Crippen LogP contribution in [0.15, 0.2) is 4.99 Å². The van der Waals surface area contributed by atoms with E-state index in [0.717, 1.165) is 10.9 Å². The molecule has 3 N–H and O–H groups in total. The van der Waals surface area contributed by atoms with E-state index in [1.165, 1.54) is 6.42 Å². The summed E-state index contributed by atoms with van der Waals surface area (Å²) >= 11 is 1.72. The van der Waals surface area contributed by atoms with Crippen LogP contribution in [0.1, 0.15) is 26.7 Å². The van der Waals surface area contributed by atoms with Crippen LogP contribution in [0.25, 0.3) is 0 Å². The van der Waals surface area contributed by atoms with Crippen LogP contribution in [-0.4, -0.2) is 29.4 Å². The lowest BCUT2D eigenvalue weighted by Crippen LogP contribution is -2.41. The van der Waals surface area contributed by atoms with Crippen molar-refractivity contribution in [3.05, 3.63) is 0 Å². The van der Waals surface area contributed by atoms with Gasteiger partial charge in [-0.25, -0.2) is 0 Å². The van der Waals surface area contributed by atoms with Crippen molar-refractivity contribution in [2.24, 2.45) is 16.6 Å². The third-order valence-electron chi connectivity index (χ3n) is 2.39. The summed E-state index contributed by atoms with van der Waals surface area (Å²) in [4.78, 5) is 14.9. The lowest BCUT2D eigenvalue weighted by Gasteiger charge is -2.28. The van der Waals surface area contributed by atoms with Crippen molar-refractivity contribution in [1.82, 2.24) is 5.32 Å². The number of hydrogen-bond donors (Lipinski definition) is 2. The molecule has 1 aliphatic rings. The molecule has 1 saturated heterocycles. The first-order valence-electron chi connectivity index (χ1n) is 5.31. The minimum absolute atomic E-state index is 0.291. The number of amides is 1. The average molecular weight is 229 g/mol. The summed E-state index contributed by atoms with van der Waals surface area (Å²) in [5.41, 5.74) is 5.05. The summed E-state index contributed by atoms with van der Waals surface area (Å²) in [6.07, 6.45) is 1.51. The zero-order valence-electron chi connectivity index (χ0n) is 9.32. The SMILES string of the molecule is CC(C)C1CCSC(=NCCC(N)=O)N1. The molecule has 0 spiro atoms. The van der Waals surface area contributed by atoms with E-state index < -0.39 is 0 Å². The third kappa shape index (κ3) is 4.55. The van der Waals surface area contributed by atoms with E-state index >= 15 is 0 Å². The molecule has 15 heavy (non-hydrogen) atoms. The maximum Gasteiger partial charge on any atom is 0.219 e. The number of rotatable bonds is 4. The fraction of sp³-hybridized carbons (Fsp3) is 0.800. The van der Waals surface area contributed by atoms with Crippen LogP contribution in [0, 0.1) is 5.92 Å². The molecule has 0 bridgehead atoms. The number of hydrogen-bond acceptors (Lipinski definition) is 3. The molecule has 1 rings (SSSR count). The first kappa shape index (κ1) is 12.4. The highest BCUT2D eigenvalue weighted by atomic mass is 32.2. The first-order valence-corrected chi connectivity index (χ1v) is 6.30. The smallest absolute Gasteiger partial charge is 0.219 e. The Bertz CT molecular complexity index is 253. The monoisotopic (exact) mass is 229 g/mol. The summed E-state index contributed by atoms with van der Waals surface area (Å²) in [7, 11) is 0. The Morgan fingerprint density at radius 1 is 1.73 bits per heavy atom. The Morgan fingerprint density at radius 2 is 2.47 bits per heavy atom. The molecule has 0 aromatic heterocycles. The second kappa shape index (κ2) is 6.00. The van der Waals surface area contributed by atoms with Crippen LogP contribution >= 0.6 is 11.8 Å². The molecule has 5 heteroatoms. The van der Waals surface area contributed by atoms with E-state index in [1.807, 2.05) is 0 Å². The number of carbonyl (C=O) groups excluding carboxylic acids is 1. The van der Waals surface area contributed by atoms with Crippen LogP contribution in [0.5, 0.6) is 0 Å². The number of nitrogens with zero attached hydrogens (tertiary/aromatic N) is 1. The number of nitrogens with one attached hydrogen (secondary N) is 1. The zero-order chi connectivity index (χ0) is 11.3. The molecular weight excluding hydrogens is 210 g/mol. The average Bonchev–Trinajstić information content (AvgIpc) is 2.17. The fourth-order valence-electron chi connectivity index (χ4n) is 1.41. The molecule has 0 radical (unpaired) electrons. The molecule has 0 saturated carbocycles. The second-order valence-corrected chi connectivity index (χ2v) is 5.12. The molecule has 1 atom stereocenters. The van der Waals surface area contributed by atoms with E-state index in [1.54, 1.807) is 11.8 Å². The lowest BCUT2D eigenvalue weighted by atomic mass is 10.0. The normalized spacial score (nSPS) is 24.2. The van der Waals surface area contributed by atoms with Crippen molar-refractivity contribution >= 4 is 22.8 Å². The minimum Gasteiger partial charge on any atom is -0.370 e. The molecular formula is C10H19N3OS. The van der Waals surface area contributed by atoms with Gasteiger partial charge in [-0.3, -0.25) is 9.79 Å². The quantitative estimate of drug-likeness (QED) is 0.755. The van der Waals surface area contributed by atoms with Crippen molar-refractivity contribution in [2.75, 3.05) is 12.3 Å². The number of primary amides is 1. The molecule has 0 aromatic carbocycles. The highest BCUT2D eigenvalue weighted by Crippen LogP contribution is 2.18. The molecule has 86 valence electrons. The van der Waals surface area contributed by atoms with Gasteiger partial charge in [0.05, 0.1) is 6.54 Å². The van der Waals surface area contributed by atoms with E-state index in [4.69, 9.17) is 5.73 Å². The summed E-state index contributed by atoms with van der Waals surface area (Å²) in [5.74, 6) is 1.43. The van der Waals surface area contributed by atoms with Crippen LogP contribution in [-0.2, 0) is 4.79 Å². The summed E-state index contributed by atoms with van der Waals surface area (Å²) in [6, 6.07) is 0.513. The topological polar surface area (TPSA) is 67.5 Å². The van der Waals surface area contributed by atoms with E-state index in [9.17, 15) is 4.79 Å². The van der Waals surface area contributed by atoms with Gasteiger partial charge in [0.25, 0.3) is 0 Å². The maximum absolute atomic E-state index is 10.5. The van der Waals surface area contributed by atoms with Gasteiger partial charge in [-0.05, 0) is 12.3 Å². The fourth-order valence-corrected chi connectivity index (χ4v) is 2.40. The number of amidine groups is 1. The van der Waals surface area contributed by atoms with Gasteiger partial charge < -0.3 is 11.1 Å². The van der Waals surface area contributed by atoms with Crippen molar-refractivity contribution in [2.45, 2.75) is 32.7 Å². The Hall–Kier alpha value is -0.710. The van der Waals surface area contributed by atoms with Gasteiger partial charge in [-0.2, -0.15) is 0 Å². The zero-order valence-corrected chi connectivity index (χ0v) is 10.1. The standard InChI is InChI=1S/C10H19N3OS/c1-7(2)8-4-6-15-10(13-8)12-5-3-9(11)14/h7-8H,3-6H2,1-2H3,(H2,11,14)(H,12,13). The van der Waals surface area contributed by atoms with E-state index in [-0.39, 0.29) is 5.91 Å². The number of nitrogens with two attached hydrogens (primary N) is 1. The van der Waals surface area contributed by atoms with Crippen LogP contribution in [0.3, 0.4) is 0 Å². The number of aliphatic imine (C=N–C) groups is 1. The van der Waals surface area contributed by atoms with Gasteiger partial charge in [0.1, 0.15) is 0 Å². The van der Waals surface area contributed by atoms with Crippen molar-refractivity contribution in [3.63, 3.8) is 0 Å². The third-order valence-corrected chi connectivity index (χ3v) is 3.36. The highest BCUT2D eigenvalue weighted by molar-refractivity contribution is 8.13. The second-order valence-electron chi connectivity index (χ2n) is 4.04. The molecule has 0 aliphatic carbocycles. The molecule has 1 amide bonds. The van der Waals surface area contributed by atoms with Gasteiger partial charge in [0.15, 0.2) is 5.17 Å². The van der Waals surface area contributed by atoms with Gasteiger partial charge in [0.2, 0.25) is 5.91 Å². The predicted molar refractivity (Wildman–Crippen MR) is 65.0 cm³/mol. The van der Waals surface area contributed by atoms with Gasteiger partial charge in [-0.15, -0.1) is 0 Å². The van der Waals surface area contributed by atoms with Gasteiger partial charge in [0, 0.05) is 18.2 Å². The Morgan fingerprint density at radius 3 is 3.07 bits per heavy atom. The Balaban J connectivity index is 2.38. The van der Waals surface area contributed by atoms with E-state index in [2.05, 4.69) is 24.2 Å². The van der Waals surface area contributed by atoms with Gasteiger partial charge in [-0.1, -0.05) is 25.6 Å². The van der Waals surface area contributed by atoms with Gasteiger partial charge >= 0.3 is 0 Å². The molecule has 1 unspecified atom stereocenters. The lowest BCUT2D eigenvalue weighted by molar-refractivity contribution is -0.117. The Labute approximate surface area is 95.1 Å². The number of carbonyl (C=O) groups is 1. The molecule has 4 nitrogen and oxygen atoms in total. The highest BCUT2D eigenvalue weighted by Gasteiger charge is 2.19. The van der Waals surface area contributed by atoms with Crippen molar-refractivity contribution in [1.29, 1.82) is 0 Å².